The van der Waals surface area contributed by atoms with Crippen molar-refractivity contribution in [3.63, 3.8) is 0 Å². The molecular weight excluding hydrogens is 588 g/mol. The molecule has 0 N–H and O–H groups in total. The Balaban J connectivity index is 1.48. The summed E-state index contributed by atoms with van der Waals surface area (Å²) in [6.07, 6.45) is 3.55. The van der Waals surface area contributed by atoms with Crippen LogP contribution in [0.1, 0.15) is 72.6 Å². The molecule has 5 rings (SSSR count). The van der Waals surface area contributed by atoms with Crippen LogP contribution in [0.2, 0.25) is 0 Å². The third-order valence-corrected chi connectivity index (χ3v) is 9.47. The largest absolute Gasteiger partial charge is 0.497 e. The average molecular weight is 641 g/mol. The highest BCUT2D eigenvalue weighted by molar-refractivity contribution is 5.97. The maximum absolute atomic E-state index is 14.4. The number of amides is 2. The van der Waals surface area contributed by atoms with Crippen molar-refractivity contribution in [2.45, 2.75) is 72.5 Å². The summed E-state index contributed by atoms with van der Waals surface area (Å²) in [5, 5.41) is 0. The third kappa shape index (κ3) is 8.73. The van der Waals surface area contributed by atoms with Gasteiger partial charge in [-0.15, -0.1) is 0 Å². The summed E-state index contributed by atoms with van der Waals surface area (Å²) in [5.74, 6) is 1.68. The van der Waals surface area contributed by atoms with Crippen molar-refractivity contribution in [3.8, 4) is 11.5 Å². The van der Waals surface area contributed by atoms with E-state index in [1.165, 1.54) is 12.8 Å². The van der Waals surface area contributed by atoms with Crippen molar-refractivity contribution in [1.82, 2.24) is 14.7 Å². The lowest BCUT2D eigenvalue weighted by atomic mass is 10.0. The highest BCUT2D eigenvalue weighted by atomic mass is 16.5. The van der Waals surface area contributed by atoms with Crippen molar-refractivity contribution in [1.29, 1.82) is 0 Å². The van der Waals surface area contributed by atoms with Crippen LogP contribution in [0.5, 0.6) is 11.5 Å². The summed E-state index contributed by atoms with van der Waals surface area (Å²) >= 11 is 0. The number of rotatable bonds is 9. The van der Waals surface area contributed by atoms with Gasteiger partial charge in [0.15, 0.2) is 0 Å². The highest BCUT2D eigenvalue weighted by Crippen LogP contribution is 2.30. The zero-order valence-corrected chi connectivity index (χ0v) is 29.0. The maximum atomic E-state index is 14.4. The van der Waals surface area contributed by atoms with E-state index in [0.29, 0.717) is 44.3 Å². The number of likely N-dealkylation sites (tertiary alicyclic amines) is 1. The number of ether oxygens (including phenoxy) is 2. The summed E-state index contributed by atoms with van der Waals surface area (Å²) < 4.78 is 11.3. The molecule has 8 heteroatoms. The molecule has 252 valence electrons. The number of nitrogens with zero attached hydrogens (tertiary/aromatic N) is 4. The zero-order chi connectivity index (χ0) is 33.3. The van der Waals surface area contributed by atoms with E-state index >= 15 is 0 Å². The van der Waals surface area contributed by atoms with Gasteiger partial charge in [-0.1, -0.05) is 30.3 Å². The fourth-order valence-electron chi connectivity index (χ4n) is 6.87. The van der Waals surface area contributed by atoms with Crippen LogP contribution >= 0.6 is 0 Å². The summed E-state index contributed by atoms with van der Waals surface area (Å²) in [6.45, 7) is 15.2. The molecule has 0 unspecified atom stereocenters. The molecule has 3 aromatic rings. The fourth-order valence-corrected chi connectivity index (χ4v) is 6.87. The molecule has 47 heavy (non-hydrogen) atoms. The van der Waals surface area contributed by atoms with Crippen LogP contribution in [0, 0.1) is 6.92 Å². The molecule has 2 aliphatic rings. The Morgan fingerprint density at radius 1 is 0.872 bits per heavy atom. The van der Waals surface area contributed by atoms with Gasteiger partial charge in [-0.2, -0.15) is 0 Å². The first-order valence-corrected chi connectivity index (χ1v) is 17.3. The molecule has 0 radical (unpaired) electrons. The van der Waals surface area contributed by atoms with Crippen molar-refractivity contribution in [2.75, 3.05) is 57.9 Å². The summed E-state index contributed by atoms with van der Waals surface area (Å²) in [6, 6.07) is 20.1. The molecule has 8 nitrogen and oxygen atoms in total. The molecule has 2 heterocycles. The Labute approximate surface area is 281 Å². The van der Waals surface area contributed by atoms with Crippen molar-refractivity contribution in [3.05, 3.63) is 88.5 Å². The molecule has 2 amide bonds. The standard InChI is InChI=1S/C39H52N4O4/c1-6-47-36-18-15-32(26-34(36)27-40-19-7-8-20-40)39(45)42-24-23-41(29(2)3)21-10-22-43(38-30(4)11-9-12-33(38)28-42)37(44)25-31-13-16-35(46-5)17-14-31/h9,11-18,26,29H,6-8,10,19-25,27-28H2,1-5H3. The van der Waals surface area contributed by atoms with Gasteiger partial charge in [-0.05, 0) is 107 Å². The summed E-state index contributed by atoms with van der Waals surface area (Å²) in [4.78, 5) is 37.3. The average Bonchev–Trinajstić information content (AvgIpc) is 3.57. The number of methoxy groups -OCH3 is 1. The van der Waals surface area contributed by atoms with Gasteiger partial charge in [0.25, 0.3) is 5.91 Å². The second-order valence-corrected chi connectivity index (χ2v) is 13.1. The van der Waals surface area contributed by atoms with Gasteiger partial charge in [0.2, 0.25) is 5.91 Å². The fraction of sp³-hybridized carbons (Fsp3) is 0.487. The van der Waals surface area contributed by atoms with Gasteiger partial charge < -0.3 is 19.3 Å². The Morgan fingerprint density at radius 3 is 2.34 bits per heavy atom. The van der Waals surface area contributed by atoms with Crippen molar-refractivity contribution < 1.29 is 19.1 Å². The first kappa shape index (κ1) is 34.5. The van der Waals surface area contributed by atoms with Crippen molar-refractivity contribution in [2.24, 2.45) is 0 Å². The lowest BCUT2D eigenvalue weighted by Gasteiger charge is -2.30. The van der Waals surface area contributed by atoms with Gasteiger partial charge in [0, 0.05) is 56.4 Å². The molecule has 0 aliphatic carbocycles. The van der Waals surface area contributed by atoms with Crippen LogP contribution in [0.4, 0.5) is 5.69 Å². The van der Waals surface area contributed by atoms with Gasteiger partial charge in [0.1, 0.15) is 11.5 Å². The van der Waals surface area contributed by atoms with E-state index in [9.17, 15) is 9.59 Å². The number of benzene rings is 3. The Kier molecular flexibility index (Phi) is 11.9. The van der Waals surface area contributed by atoms with E-state index in [2.05, 4.69) is 42.7 Å². The van der Waals surface area contributed by atoms with Gasteiger partial charge in [0.05, 0.1) is 25.8 Å². The lowest BCUT2D eigenvalue weighted by molar-refractivity contribution is -0.118. The number of hydrogen-bond acceptors (Lipinski definition) is 6. The van der Waals surface area contributed by atoms with E-state index < -0.39 is 0 Å². The van der Waals surface area contributed by atoms with E-state index in [0.717, 1.165) is 78.6 Å². The molecule has 1 saturated heterocycles. The number of carbonyl (C=O) groups is 2. The maximum Gasteiger partial charge on any atom is 0.254 e. The molecule has 0 bridgehead atoms. The number of anilines is 1. The number of para-hydroxylation sites is 1. The van der Waals surface area contributed by atoms with Gasteiger partial charge in [-0.25, -0.2) is 0 Å². The normalized spacial score (nSPS) is 16.6. The molecule has 0 atom stereocenters. The quantitative estimate of drug-likeness (QED) is 0.273. The van der Waals surface area contributed by atoms with Crippen molar-refractivity contribution >= 4 is 17.5 Å². The third-order valence-electron chi connectivity index (χ3n) is 9.47. The molecule has 0 aromatic heterocycles. The topological polar surface area (TPSA) is 65.6 Å². The highest BCUT2D eigenvalue weighted by Gasteiger charge is 2.27. The predicted molar refractivity (Wildman–Crippen MR) is 188 cm³/mol. The molecule has 0 spiro atoms. The molecule has 0 saturated carbocycles. The smallest absolute Gasteiger partial charge is 0.254 e. The Morgan fingerprint density at radius 2 is 1.64 bits per heavy atom. The number of hydrogen-bond donors (Lipinski definition) is 0. The van der Waals surface area contributed by atoms with E-state index in [-0.39, 0.29) is 11.8 Å². The minimum absolute atomic E-state index is 0.00207. The van der Waals surface area contributed by atoms with E-state index in [1.54, 1.807) is 7.11 Å². The number of aryl methyl sites for hydroxylation is 1. The van der Waals surface area contributed by atoms with Crippen LogP contribution in [0.3, 0.4) is 0 Å². The minimum Gasteiger partial charge on any atom is -0.497 e. The molecule has 3 aromatic carbocycles. The number of carbonyl (C=O) groups excluding carboxylic acids is 2. The van der Waals surface area contributed by atoms with Crippen LogP contribution < -0.4 is 14.4 Å². The first-order valence-electron chi connectivity index (χ1n) is 17.3. The molecular formula is C39H52N4O4. The summed E-state index contributed by atoms with van der Waals surface area (Å²) in [5.41, 5.74) is 5.63. The second kappa shape index (κ2) is 16.3. The van der Waals surface area contributed by atoms with Crippen LogP contribution in [-0.2, 0) is 24.3 Å². The SMILES string of the molecule is CCOc1ccc(C(=O)N2CCN(C(C)C)CCCN(C(=O)Cc3ccc(OC)cc3)c3c(C)cccc3C2)cc1CN1CCCC1. The predicted octanol–water partition coefficient (Wildman–Crippen LogP) is 6.33. The number of fused-ring (bicyclic) bond motifs is 1. The van der Waals surface area contributed by atoms with Crippen LogP contribution in [0.25, 0.3) is 0 Å². The zero-order valence-electron chi connectivity index (χ0n) is 29.0. The Hall–Kier alpha value is -3.88. The molecule has 2 aliphatic heterocycles. The monoisotopic (exact) mass is 640 g/mol. The minimum atomic E-state index is 0.00207. The Bertz CT molecular complexity index is 1500. The summed E-state index contributed by atoms with van der Waals surface area (Å²) in [7, 11) is 1.64. The van der Waals surface area contributed by atoms with Gasteiger partial charge >= 0.3 is 0 Å². The van der Waals surface area contributed by atoms with Gasteiger partial charge in [-0.3, -0.25) is 19.4 Å². The first-order chi connectivity index (χ1) is 22.8. The molecule has 1 fully saturated rings. The van der Waals surface area contributed by atoms with E-state index in [1.807, 2.05) is 65.3 Å². The van der Waals surface area contributed by atoms with Crippen LogP contribution in [0.15, 0.2) is 60.7 Å². The second-order valence-electron chi connectivity index (χ2n) is 13.1. The van der Waals surface area contributed by atoms with Crippen LogP contribution in [-0.4, -0.2) is 85.5 Å². The van der Waals surface area contributed by atoms with E-state index in [4.69, 9.17) is 9.47 Å². The lowest BCUT2D eigenvalue weighted by Crippen LogP contribution is -2.41.